The number of carbonyl (C=O) groups excluding carboxylic acids is 1. The van der Waals surface area contributed by atoms with E-state index in [0.717, 1.165) is 51.1 Å². The number of fused-ring (bicyclic) bond motifs is 2. The Morgan fingerprint density at radius 3 is 2.37 bits per heavy atom. The van der Waals surface area contributed by atoms with Crippen molar-refractivity contribution in [3.63, 3.8) is 0 Å². The highest BCUT2D eigenvalue weighted by atomic mass is 35.5. The number of aliphatic carboxylic acids is 1. The first kappa shape index (κ1) is 39.9. The van der Waals surface area contributed by atoms with Crippen molar-refractivity contribution in [1.29, 1.82) is 0 Å². The zero-order valence-corrected chi connectivity index (χ0v) is 33.8. The van der Waals surface area contributed by atoms with Crippen molar-refractivity contribution >= 4 is 35.1 Å². The van der Waals surface area contributed by atoms with Gasteiger partial charge in [-0.05, 0) is 88.7 Å². The number of ether oxygens (including phenoxy) is 3. The summed E-state index contributed by atoms with van der Waals surface area (Å²) < 4.78 is 18.8. The largest absolute Gasteiger partial charge is 0.489 e. The molecule has 6 aromatic rings. The van der Waals surface area contributed by atoms with E-state index < -0.39 is 18.1 Å². The third-order valence-electron chi connectivity index (χ3n) is 10.9. The molecule has 0 saturated heterocycles. The lowest BCUT2D eigenvalue weighted by Crippen LogP contribution is -2.55. The van der Waals surface area contributed by atoms with Gasteiger partial charge in [0.1, 0.15) is 31.3 Å². The molecule has 2 aliphatic rings. The molecule has 8 rings (SSSR count). The Kier molecular flexibility index (Phi) is 12.1. The molecule has 0 bridgehead atoms. The number of nitrogens with one attached hydrogen (secondary N) is 1. The van der Waals surface area contributed by atoms with E-state index in [0.29, 0.717) is 53.5 Å². The molecule has 12 heteroatoms. The molecule has 3 heterocycles. The highest BCUT2D eigenvalue weighted by Gasteiger charge is 2.38. The van der Waals surface area contributed by atoms with Crippen molar-refractivity contribution in [2.45, 2.75) is 63.6 Å². The number of benzene rings is 5. The first-order chi connectivity index (χ1) is 28.7. The van der Waals surface area contributed by atoms with Crippen LogP contribution in [0.5, 0.6) is 17.2 Å². The Balaban J connectivity index is 0.992. The van der Waals surface area contributed by atoms with E-state index in [2.05, 4.69) is 39.2 Å². The van der Waals surface area contributed by atoms with Crippen molar-refractivity contribution in [2.75, 3.05) is 6.61 Å². The third kappa shape index (κ3) is 9.20. The Morgan fingerprint density at radius 1 is 0.898 bits per heavy atom. The van der Waals surface area contributed by atoms with Crippen LogP contribution in [0.4, 0.5) is 0 Å². The topological polar surface area (TPSA) is 123 Å². The van der Waals surface area contributed by atoms with Gasteiger partial charge in [0.25, 0.3) is 0 Å². The highest BCUT2D eigenvalue weighted by molar-refractivity contribution is 6.42. The number of amides is 1. The number of rotatable bonds is 13. The molecule has 4 atom stereocenters. The summed E-state index contributed by atoms with van der Waals surface area (Å²) in [7, 11) is 0. The minimum absolute atomic E-state index is 0.101. The molecule has 5 aromatic carbocycles. The summed E-state index contributed by atoms with van der Waals surface area (Å²) in [6.07, 6.45) is 4.05. The Labute approximate surface area is 352 Å². The average molecular weight is 830 g/mol. The average Bonchev–Trinajstić information content (AvgIpc) is 3.26. The number of carboxylic acids is 1. The van der Waals surface area contributed by atoms with Crippen LogP contribution in [0.25, 0.3) is 11.3 Å². The predicted octanol–water partition coefficient (Wildman–Crippen LogP) is 9.23. The molecular weight excluding hydrogens is 787 g/mol. The van der Waals surface area contributed by atoms with Crippen LogP contribution in [0.3, 0.4) is 0 Å². The highest BCUT2D eigenvalue weighted by Crippen LogP contribution is 2.42. The fourth-order valence-electron chi connectivity index (χ4n) is 7.79. The maximum atomic E-state index is 14.4. The summed E-state index contributed by atoms with van der Waals surface area (Å²) in [4.78, 5) is 37.4. The normalized spacial score (nSPS) is 17.0. The van der Waals surface area contributed by atoms with Crippen molar-refractivity contribution in [3.8, 4) is 28.5 Å². The van der Waals surface area contributed by atoms with Gasteiger partial charge in [0, 0.05) is 30.8 Å². The van der Waals surface area contributed by atoms with Gasteiger partial charge in [0.2, 0.25) is 5.91 Å². The summed E-state index contributed by atoms with van der Waals surface area (Å²) in [6, 6.07) is 34.7. The third-order valence-corrected chi connectivity index (χ3v) is 11.6. The monoisotopic (exact) mass is 828 g/mol. The lowest BCUT2D eigenvalue weighted by atomic mass is 9.89. The molecule has 0 saturated carbocycles. The van der Waals surface area contributed by atoms with Gasteiger partial charge in [-0.2, -0.15) is 0 Å². The molecule has 1 aromatic heterocycles. The van der Waals surface area contributed by atoms with Crippen LogP contribution in [0.15, 0.2) is 128 Å². The van der Waals surface area contributed by atoms with E-state index >= 15 is 0 Å². The molecule has 0 aliphatic carbocycles. The summed E-state index contributed by atoms with van der Waals surface area (Å²) in [5.41, 5.74) is 7.35. The number of hydrogen-bond acceptors (Lipinski definition) is 8. The Bertz CT molecular complexity index is 2420. The Morgan fingerprint density at radius 2 is 1.66 bits per heavy atom. The quantitative estimate of drug-likeness (QED) is 0.117. The molecular formula is C47H42Cl2N4O6. The smallest absolute Gasteiger partial charge is 0.326 e. The predicted molar refractivity (Wildman–Crippen MR) is 226 cm³/mol. The van der Waals surface area contributed by atoms with Crippen molar-refractivity contribution in [2.24, 2.45) is 0 Å². The zero-order valence-electron chi connectivity index (χ0n) is 32.3. The SMILES string of the molecule is CC[C@@H](c1ccccc1)N1Cc2cc3c(cc2C[C@H]1C(=O)NC(Cc1ccc(-c2ccncn2)cc1)C(=O)O)OC[C@H](c1ccc(OCc2ccc(Cl)c(Cl)c2)cc1)O3. The van der Waals surface area contributed by atoms with Crippen molar-refractivity contribution in [3.05, 3.63) is 171 Å². The fraction of sp³-hybridized carbons (Fsp3) is 0.234. The van der Waals surface area contributed by atoms with E-state index in [-0.39, 0.29) is 24.5 Å². The molecule has 300 valence electrons. The van der Waals surface area contributed by atoms with Crippen molar-refractivity contribution in [1.82, 2.24) is 20.2 Å². The first-order valence-electron chi connectivity index (χ1n) is 19.5. The van der Waals surface area contributed by atoms with Crippen LogP contribution in [-0.4, -0.2) is 50.5 Å². The van der Waals surface area contributed by atoms with Gasteiger partial charge in [0.05, 0.1) is 21.8 Å². The molecule has 10 nitrogen and oxygen atoms in total. The van der Waals surface area contributed by atoms with E-state index in [4.69, 9.17) is 37.4 Å². The summed E-state index contributed by atoms with van der Waals surface area (Å²) >= 11 is 12.2. The number of carboxylic acid groups (broad SMARTS) is 1. The van der Waals surface area contributed by atoms with Crippen LogP contribution < -0.4 is 19.5 Å². The molecule has 0 spiro atoms. The second kappa shape index (κ2) is 17.9. The molecule has 59 heavy (non-hydrogen) atoms. The standard InChI is InChI=1S/C47H42Cl2N4O6/c1-2-41(32-6-4-3-5-7-32)53-25-35-24-44-43(58-27-45(59-44)33-13-15-36(16-14-33)57-26-30-10-17-37(48)38(49)20-30)23-34(35)22-42(53)46(54)52-40(47(55)56)21-29-8-11-31(12-9-29)39-18-19-50-28-51-39/h3-20,23-24,28,40-42,45H,2,21-22,25-27H2,1H3,(H,52,54)(H,55,56)/t40?,41-,42-,45+/m0/s1. The number of aromatic nitrogens is 2. The van der Waals surface area contributed by atoms with E-state index in [1.54, 1.807) is 18.3 Å². The minimum Gasteiger partial charge on any atom is -0.489 e. The first-order valence-corrected chi connectivity index (χ1v) is 20.3. The second-order valence-electron chi connectivity index (χ2n) is 14.7. The lowest BCUT2D eigenvalue weighted by Gasteiger charge is -2.42. The number of carbonyl (C=O) groups is 2. The van der Waals surface area contributed by atoms with Crippen LogP contribution in [0, 0.1) is 0 Å². The lowest BCUT2D eigenvalue weighted by molar-refractivity contribution is -0.143. The molecule has 1 amide bonds. The van der Waals surface area contributed by atoms with Gasteiger partial charge in [-0.1, -0.05) is 103 Å². The van der Waals surface area contributed by atoms with Gasteiger partial charge in [-0.15, -0.1) is 0 Å². The van der Waals surface area contributed by atoms with Crippen LogP contribution >= 0.6 is 23.2 Å². The Hall–Kier alpha value is -5.94. The van der Waals surface area contributed by atoms with E-state index in [1.807, 2.05) is 91.0 Å². The van der Waals surface area contributed by atoms with Gasteiger partial charge in [-0.25, -0.2) is 14.8 Å². The fourth-order valence-corrected chi connectivity index (χ4v) is 8.12. The number of halogens is 2. The maximum absolute atomic E-state index is 14.4. The maximum Gasteiger partial charge on any atom is 0.326 e. The van der Waals surface area contributed by atoms with Crippen LogP contribution in [-0.2, 0) is 35.6 Å². The van der Waals surface area contributed by atoms with Gasteiger partial charge >= 0.3 is 5.97 Å². The molecule has 0 fully saturated rings. The van der Waals surface area contributed by atoms with Crippen LogP contribution in [0.2, 0.25) is 10.0 Å². The van der Waals surface area contributed by atoms with E-state index in [1.165, 1.54) is 6.33 Å². The van der Waals surface area contributed by atoms with Gasteiger partial charge in [-0.3, -0.25) is 9.69 Å². The van der Waals surface area contributed by atoms with E-state index in [9.17, 15) is 14.7 Å². The van der Waals surface area contributed by atoms with Crippen molar-refractivity contribution < 1.29 is 28.9 Å². The molecule has 2 aliphatic heterocycles. The zero-order chi connectivity index (χ0) is 40.9. The van der Waals surface area contributed by atoms with Crippen LogP contribution in [0.1, 0.15) is 58.9 Å². The second-order valence-corrected chi connectivity index (χ2v) is 15.5. The number of nitrogens with zero attached hydrogens (tertiary/aromatic N) is 3. The van der Waals surface area contributed by atoms with Gasteiger partial charge in [0.15, 0.2) is 17.6 Å². The van der Waals surface area contributed by atoms with Gasteiger partial charge < -0.3 is 24.6 Å². The summed E-state index contributed by atoms with van der Waals surface area (Å²) in [6.45, 7) is 3.21. The summed E-state index contributed by atoms with van der Waals surface area (Å²) in [5, 5.41) is 14.2. The summed E-state index contributed by atoms with van der Waals surface area (Å²) in [5.74, 6) is 0.507. The minimum atomic E-state index is -1.13. The number of hydrogen-bond donors (Lipinski definition) is 2. The molecule has 2 N–H and O–H groups in total. The molecule has 1 unspecified atom stereocenters. The molecule has 0 radical (unpaired) electrons.